The molecule has 2 fully saturated rings. The molecule has 3 rings (SSSR count). The predicted octanol–water partition coefficient (Wildman–Crippen LogP) is 3.60. The van der Waals surface area contributed by atoms with Gasteiger partial charge < -0.3 is 14.7 Å². The Hall–Kier alpha value is -1.82. The molecule has 0 spiro atoms. The van der Waals surface area contributed by atoms with Gasteiger partial charge in [-0.2, -0.15) is 0 Å². The van der Waals surface area contributed by atoms with Crippen LogP contribution >= 0.6 is 0 Å². The second kappa shape index (κ2) is 8.05. The molecule has 144 valence electrons. The first-order valence-electron chi connectivity index (χ1n) is 9.83. The van der Waals surface area contributed by atoms with Crippen molar-refractivity contribution in [2.75, 3.05) is 0 Å². The molecule has 1 heterocycles. The van der Waals surface area contributed by atoms with Crippen LogP contribution in [0.2, 0.25) is 0 Å². The van der Waals surface area contributed by atoms with E-state index in [1.54, 1.807) is 4.90 Å². The molecule has 1 aliphatic carbocycles. The molecular weight excluding hydrogens is 341 g/mol. The van der Waals surface area contributed by atoms with Gasteiger partial charge in [0.15, 0.2) is 5.81 Å². The van der Waals surface area contributed by atoms with Crippen LogP contribution in [0.1, 0.15) is 51.5 Å². The van der Waals surface area contributed by atoms with E-state index in [0.29, 0.717) is 12.8 Å². The molecule has 2 radical (unpaired) electrons. The van der Waals surface area contributed by atoms with Gasteiger partial charge in [-0.25, -0.2) is 0 Å². The van der Waals surface area contributed by atoms with E-state index in [2.05, 4.69) is 0 Å². The molecular formula is C21H28BNO4. The zero-order valence-corrected chi connectivity index (χ0v) is 16.1. The first kappa shape index (κ1) is 19.9. The van der Waals surface area contributed by atoms with Crippen molar-refractivity contribution in [3.05, 3.63) is 35.9 Å². The summed E-state index contributed by atoms with van der Waals surface area (Å²) < 4.78 is 6.27. The molecule has 1 aromatic rings. The minimum Gasteiger partial charge on any atom is -0.481 e. The summed E-state index contributed by atoms with van der Waals surface area (Å²) >= 11 is 0. The van der Waals surface area contributed by atoms with Crippen LogP contribution in [-0.4, -0.2) is 47.5 Å². The number of amides is 1. The van der Waals surface area contributed by atoms with Crippen LogP contribution in [0.5, 0.6) is 0 Å². The van der Waals surface area contributed by atoms with Crippen molar-refractivity contribution in [2.45, 2.75) is 70.2 Å². The summed E-state index contributed by atoms with van der Waals surface area (Å²) in [5.74, 6) is -1.47. The van der Waals surface area contributed by atoms with Crippen LogP contribution in [0, 0.1) is 11.8 Å². The number of carboxylic acid groups (broad SMARTS) is 1. The number of rotatable bonds is 5. The molecule has 1 saturated heterocycles. The summed E-state index contributed by atoms with van der Waals surface area (Å²) in [5.41, 5.74) is 0.307. The van der Waals surface area contributed by atoms with Gasteiger partial charge in [-0.1, -0.05) is 43.2 Å². The molecule has 0 aromatic heterocycles. The molecule has 1 saturated carbocycles. The Labute approximate surface area is 162 Å². The summed E-state index contributed by atoms with van der Waals surface area (Å²) in [5, 5.41) is 9.60. The fraction of sp³-hybridized carbons (Fsp3) is 0.619. The van der Waals surface area contributed by atoms with E-state index < -0.39 is 17.5 Å². The standard InChI is InChI=1S/C21H28BNO4/c1-21(2)23(20(22)26)17(12-14-8-4-3-5-9-14)18(27-21)13-15-10-6-7-11-16(15)19(24)25/h3-5,8-9,15-18H,6-7,10-13H2,1-2H3,(H,24,25)/t15?,16-,17?,18+/m0/s1. The smallest absolute Gasteiger partial charge is 0.306 e. The van der Waals surface area contributed by atoms with Gasteiger partial charge in [-0.05, 0) is 51.0 Å². The Balaban J connectivity index is 1.84. The van der Waals surface area contributed by atoms with E-state index in [4.69, 9.17) is 12.6 Å². The van der Waals surface area contributed by atoms with Crippen LogP contribution in [-0.2, 0) is 16.0 Å². The van der Waals surface area contributed by atoms with Crippen molar-refractivity contribution >= 4 is 19.6 Å². The van der Waals surface area contributed by atoms with Crippen molar-refractivity contribution in [1.29, 1.82) is 0 Å². The molecule has 2 aliphatic rings. The number of hydrogen-bond donors (Lipinski definition) is 1. The molecule has 0 bridgehead atoms. The zero-order valence-electron chi connectivity index (χ0n) is 16.1. The van der Waals surface area contributed by atoms with Crippen molar-refractivity contribution in [1.82, 2.24) is 4.90 Å². The predicted molar refractivity (Wildman–Crippen MR) is 104 cm³/mol. The summed E-state index contributed by atoms with van der Waals surface area (Å²) in [6.45, 7) is 3.70. The number of nitrogens with zero attached hydrogens (tertiary/aromatic N) is 1. The van der Waals surface area contributed by atoms with Gasteiger partial charge in [0, 0.05) is 0 Å². The second-order valence-corrected chi connectivity index (χ2v) is 8.29. The van der Waals surface area contributed by atoms with Gasteiger partial charge in [0.05, 0.1) is 18.1 Å². The Morgan fingerprint density at radius 3 is 2.52 bits per heavy atom. The number of carbonyl (C=O) groups is 2. The monoisotopic (exact) mass is 369 g/mol. The number of carbonyl (C=O) groups excluding carboxylic acids is 1. The topological polar surface area (TPSA) is 66.8 Å². The van der Waals surface area contributed by atoms with E-state index in [1.165, 1.54) is 0 Å². The number of aliphatic carboxylic acids is 1. The van der Waals surface area contributed by atoms with E-state index in [1.807, 2.05) is 44.2 Å². The third kappa shape index (κ3) is 4.37. The van der Waals surface area contributed by atoms with E-state index in [-0.39, 0.29) is 24.0 Å². The summed E-state index contributed by atoms with van der Waals surface area (Å²) in [4.78, 5) is 25.5. The van der Waals surface area contributed by atoms with Crippen LogP contribution in [0.3, 0.4) is 0 Å². The maximum absolute atomic E-state index is 12.2. The van der Waals surface area contributed by atoms with Crippen LogP contribution in [0.4, 0.5) is 4.79 Å². The van der Waals surface area contributed by atoms with Gasteiger partial charge in [-0.15, -0.1) is 0 Å². The maximum atomic E-state index is 12.2. The quantitative estimate of drug-likeness (QED) is 0.806. The van der Waals surface area contributed by atoms with Gasteiger partial charge in [0.25, 0.3) is 0 Å². The highest BCUT2D eigenvalue weighted by atomic mass is 16.5. The Morgan fingerprint density at radius 2 is 1.89 bits per heavy atom. The number of carboxylic acids is 1. The highest BCUT2D eigenvalue weighted by Crippen LogP contribution is 2.41. The SMILES string of the molecule is [B]C(=O)N1C(Cc2ccccc2)[C@@H](CC2CCCC[C@@H]2C(=O)O)OC1(C)C. The first-order valence-corrected chi connectivity index (χ1v) is 9.83. The van der Waals surface area contributed by atoms with Gasteiger partial charge >= 0.3 is 5.97 Å². The summed E-state index contributed by atoms with van der Waals surface area (Å²) in [6, 6.07) is 9.77. The van der Waals surface area contributed by atoms with Crippen LogP contribution in [0.15, 0.2) is 30.3 Å². The van der Waals surface area contributed by atoms with Crippen molar-refractivity contribution in [2.24, 2.45) is 11.8 Å². The third-order valence-electron chi connectivity index (χ3n) is 6.07. The molecule has 1 aliphatic heterocycles. The van der Waals surface area contributed by atoms with E-state index in [0.717, 1.165) is 31.2 Å². The van der Waals surface area contributed by atoms with Crippen molar-refractivity contribution < 1.29 is 19.4 Å². The summed E-state index contributed by atoms with van der Waals surface area (Å²) in [6.07, 6.45) is 4.69. The van der Waals surface area contributed by atoms with Gasteiger partial charge in [0.1, 0.15) is 5.72 Å². The highest BCUT2D eigenvalue weighted by molar-refractivity contribution is 6.57. The minimum absolute atomic E-state index is 0.0724. The molecule has 4 atom stereocenters. The Bertz CT molecular complexity index is 678. The zero-order chi connectivity index (χ0) is 19.6. The van der Waals surface area contributed by atoms with Gasteiger partial charge in [0.2, 0.25) is 7.85 Å². The number of hydrogen-bond acceptors (Lipinski definition) is 3. The maximum Gasteiger partial charge on any atom is 0.306 e. The molecule has 6 heteroatoms. The highest BCUT2D eigenvalue weighted by Gasteiger charge is 2.49. The lowest BCUT2D eigenvalue weighted by Crippen LogP contribution is -2.49. The largest absolute Gasteiger partial charge is 0.481 e. The lowest BCUT2D eigenvalue weighted by atomic mass is 9.75. The van der Waals surface area contributed by atoms with Gasteiger partial charge in [-0.3, -0.25) is 9.59 Å². The molecule has 5 nitrogen and oxygen atoms in total. The van der Waals surface area contributed by atoms with Crippen LogP contribution < -0.4 is 0 Å². The molecule has 1 amide bonds. The molecule has 1 aromatic carbocycles. The van der Waals surface area contributed by atoms with E-state index in [9.17, 15) is 14.7 Å². The van der Waals surface area contributed by atoms with Crippen molar-refractivity contribution in [3.63, 3.8) is 0 Å². The minimum atomic E-state index is -0.802. The average molecular weight is 369 g/mol. The van der Waals surface area contributed by atoms with Crippen molar-refractivity contribution in [3.8, 4) is 0 Å². The Kier molecular flexibility index (Phi) is 5.94. The first-order chi connectivity index (χ1) is 12.8. The fourth-order valence-electron chi connectivity index (χ4n) is 4.90. The van der Waals surface area contributed by atoms with Crippen LogP contribution in [0.25, 0.3) is 0 Å². The number of benzene rings is 1. The number of ether oxygens (including phenoxy) is 1. The fourth-order valence-corrected chi connectivity index (χ4v) is 4.90. The average Bonchev–Trinajstić information content (AvgIpc) is 2.85. The Morgan fingerprint density at radius 1 is 1.22 bits per heavy atom. The van der Waals surface area contributed by atoms with E-state index >= 15 is 0 Å². The molecule has 27 heavy (non-hydrogen) atoms. The molecule has 1 N–H and O–H groups in total. The third-order valence-corrected chi connectivity index (χ3v) is 6.07. The lowest BCUT2D eigenvalue weighted by Gasteiger charge is -2.34. The summed E-state index contributed by atoms with van der Waals surface area (Å²) in [7, 11) is 5.70. The second-order valence-electron chi connectivity index (χ2n) is 8.29. The molecule has 2 unspecified atom stereocenters. The normalized spacial score (nSPS) is 30.2. The lowest BCUT2D eigenvalue weighted by molar-refractivity contribution is -0.145.